The second-order valence-corrected chi connectivity index (χ2v) is 10.2. The summed E-state index contributed by atoms with van der Waals surface area (Å²) in [4.78, 5) is 17.4. The third-order valence-corrected chi connectivity index (χ3v) is 7.79. The predicted molar refractivity (Wildman–Crippen MR) is 125 cm³/mol. The number of carbonyl (C=O) groups excluding carboxylic acids is 1. The zero-order valence-corrected chi connectivity index (χ0v) is 19.9. The fraction of sp³-hybridized carbons (Fsp3) is 0.304. The molecule has 0 radical (unpaired) electrons. The molecule has 33 heavy (non-hydrogen) atoms. The maximum atomic E-state index is 13.1. The van der Waals surface area contributed by atoms with Crippen LogP contribution in [0.1, 0.15) is 22.8 Å². The number of nitrogens with zero attached hydrogens (tertiary/aromatic N) is 4. The van der Waals surface area contributed by atoms with Gasteiger partial charge in [0.1, 0.15) is 5.82 Å². The number of amides is 1. The van der Waals surface area contributed by atoms with Gasteiger partial charge in [0.25, 0.3) is 15.9 Å². The van der Waals surface area contributed by atoms with Gasteiger partial charge in [-0.15, -0.1) is 15.7 Å². The lowest BCUT2D eigenvalue weighted by atomic mass is 10.1. The Hall–Kier alpha value is -2.82. The fourth-order valence-corrected chi connectivity index (χ4v) is 5.65. The van der Waals surface area contributed by atoms with E-state index in [0.717, 1.165) is 37.3 Å². The largest absolute Gasteiger partial charge is 0.336 e. The molecule has 2 heterocycles. The normalized spacial score (nSPS) is 15.7. The molecular formula is C23H25FN4O3S2. The van der Waals surface area contributed by atoms with Gasteiger partial charge in [-0.25, -0.2) is 4.39 Å². The Bertz CT molecular complexity index is 1290. The SMILES string of the molecule is CCN1CCN(C(=O)c2cccc(Cn3ccsc3=NS(=O)(=O)c3ccc(F)cc3)c2)CC1. The van der Waals surface area contributed by atoms with Crippen molar-refractivity contribution >= 4 is 27.3 Å². The first kappa shape index (κ1) is 23.3. The zero-order valence-electron chi connectivity index (χ0n) is 18.2. The molecule has 0 saturated carbocycles. The summed E-state index contributed by atoms with van der Waals surface area (Å²) in [5.41, 5.74) is 1.48. The topological polar surface area (TPSA) is 75.0 Å². The Morgan fingerprint density at radius 3 is 2.52 bits per heavy atom. The van der Waals surface area contributed by atoms with Crippen LogP contribution in [0.4, 0.5) is 4.39 Å². The third kappa shape index (κ3) is 5.58. The van der Waals surface area contributed by atoms with Crippen molar-refractivity contribution in [2.75, 3.05) is 32.7 Å². The van der Waals surface area contributed by atoms with Gasteiger partial charge >= 0.3 is 0 Å². The minimum Gasteiger partial charge on any atom is -0.336 e. The molecule has 10 heteroatoms. The minimum atomic E-state index is -3.97. The van der Waals surface area contributed by atoms with Crippen molar-refractivity contribution < 1.29 is 17.6 Å². The van der Waals surface area contributed by atoms with Crippen molar-refractivity contribution in [3.05, 3.63) is 81.9 Å². The first-order chi connectivity index (χ1) is 15.9. The Morgan fingerprint density at radius 2 is 1.82 bits per heavy atom. The summed E-state index contributed by atoms with van der Waals surface area (Å²) in [5.74, 6) is -0.506. The molecule has 4 rings (SSSR count). The second kappa shape index (κ2) is 9.98. The number of likely N-dealkylation sites (N-methyl/N-ethyl adjacent to an activating group) is 1. The highest BCUT2D eigenvalue weighted by molar-refractivity contribution is 7.90. The van der Waals surface area contributed by atoms with Crippen LogP contribution in [0.3, 0.4) is 0 Å². The fourth-order valence-electron chi connectivity index (χ4n) is 3.70. The number of aromatic nitrogens is 1. The Labute approximate surface area is 196 Å². The Kier molecular flexibility index (Phi) is 7.06. The van der Waals surface area contributed by atoms with E-state index in [1.165, 1.54) is 23.5 Å². The lowest BCUT2D eigenvalue weighted by Gasteiger charge is -2.34. The number of halogens is 1. The lowest BCUT2D eigenvalue weighted by molar-refractivity contribution is 0.0643. The molecule has 0 atom stereocenters. The highest BCUT2D eigenvalue weighted by Gasteiger charge is 2.21. The van der Waals surface area contributed by atoms with Crippen molar-refractivity contribution in [2.45, 2.75) is 18.4 Å². The van der Waals surface area contributed by atoms with Crippen molar-refractivity contribution in [3.8, 4) is 0 Å². The molecular weight excluding hydrogens is 463 g/mol. The first-order valence-corrected chi connectivity index (χ1v) is 13.0. The van der Waals surface area contributed by atoms with Gasteiger partial charge in [-0.2, -0.15) is 8.42 Å². The van der Waals surface area contributed by atoms with Crippen molar-refractivity contribution in [1.29, 1.82) is 0 Å². The summed E-state index contributed by atoms with van der Waals surface area (Å²) in [5, 5.41) is 1.75. The summed E-state index contributed by atoms with van der Waals surface area (Å²) >= 11 is 1.19. The van der Waals surface area contributed by atoms with Crippen LogP contribution in [0, 0.1) is 5.82 Å². The number of piperazine rings is 1. The van der Waals surface area contributed by atoms with Gasteiger partial charge < -0.3 is 14.4 Å². The number of carbonyl (C=O) groups is 1. The van der Waals surface area contributed by atoms with E-state index in [1.807, 2.05) is 23.1 Å². The smallest absolute Gasteiger partial charge is 0.285 e. The third-order valence-electron chi connectivity index (χ3n) is 5.60. The molecule has 7 nitrogen and oxygen atoms in total. The Morgan fingerprint density at radius 1 is 1.09 bits per heavy atom. The molecule has 174 valence electrons. The van der Waals surface area contributed by atoms with Crippen LogP contribution in [0.5, 0.6) is 0 Å². The zero-order chi connectivity index (χ0) is 23.4. The molecule has 1 saturated heterocycles. The van der Waals surface area contributed by atoms with E-state index in [1.54, 1.807) is 22.2 Å². The van der Waals surface area contributed by atoms with Crippen molar-refractivity contribution in [1.82, 2.24) is 14.4 Å². The van der Waals surface area contributed by atoms with E-state index in [-0.39, 0.29) is 10.8 Å². The number of hydrogen-bond acceptors (Lipinski definition) is 5. The van der Waals surface area contributed by atoms with Crippen molar-refractivity contribution in [2.24, 2.45) is 4.40 Å². The number of hydrogen-bond donors (Lipinski definition) is 0. The van der Waals surface area contributed by atoms with Gasteiger partial charge in [-0.3, -0.25) is 4.79 Å². The number of sulfonamides is 1. The summed E-state index contributed by atoms with van der Waals surface area (Å²) in [6.45, 7) is 6.64. The van der Waals surface area contributed by atoms with Crippen molar-refractivity contribution in [3.63, 3.8) is 0 Å². The highest BCUT2D eigenvalue weighted by Crippen LogP contribution is 2.14. The quantitative estimate of drug-likeness (QED) is 0.535. The first-order valence-electron chi connectivity index (χ1n) is 10.7. The molecule has 0 unspecified atom stereocenters. The van der Waals surface area contributed by atoms with Crippen LogP contribution < -0.4 is 4.80 Å². The van der Waals surface area contributed by atoms with E-state index in [2.05, 4.69) is 16.2 Å². The van der Waals surface area contributed by atoms with Crippen LogP contribution >= 0.6 is 11.3 Å². The molecule has 1 aliphatic rings. The molecule has 3 aromatic rings. The summed E-state index contributed by atoms with van der Waals surface area (Å²) in [6.07, 6.45) is 1.75. The van der Waals surface area contributed by atoms with Gasteiger partial charge in [0.05, 0.1) is 4.90 Å². The van der Waals surface area contributed by atoms with Gasteiger partial charge in [0.15, 0.2) is 0 Å². The molecule has 2 aromatic carbocycles. The van der Waals surface area contributed by atoms with Gasteiger partial charge in [0.2, 0.25) is 4.80 Å². The number of thiazole rings is 1. The highest BCUT2D eigenvalue weighted by atomic mass is 32.2. The maximum Gasteiger partial charge on any atom is 0.285 e. The molecule has 0 aliphatic carbocycles. The average molecular weight is 489 g/mol. The predicted octanol–water partition coefficient (Wildman–Crippen LogP) is 2.80. The van der Waals surface area contributed by atoms with Gasteiger partial charge in [-0.1, -0.05) is 19.1 Å². The molecule has 1 aromatic heterocycles. The molecule has 1 fully saturated rings. The molecule has 1 amide bonds. The molecule has 1 aliphatic heterocycles. The monoisotopic (exact) mass is 488 g/mol. The second-order valence-electron chi connectivity index (χ2n) is 7.76. The van der Waals surface area contributed by atoms with Gasteiger partial charge in [0, 0.05) is 49.9 Å². The summed E-state index contributed by atoms with van der Waals surface area (Å²) < 4.78 is 44.1. The summed E-state index contributed by atoms with van der Waals surface area (Å²) in [6, 6.07) is 12.0. The van der Waals surface area contributed by atoms with E-state index < -0.39 is 15.8 Å². The molecule has 0 N–H and O–H groups in total. The molecule has 0 bridgehead atoms. The van der Waals surface area contributed by atoms with Crippen LogP contribution in [0.2, 0.25) is 0 Å². The molecule has 0 spiro atoms. The van der Waals surface area contributed by atoms with Crippen LogP contribution in [0.25, 0.3) is 0 Å². The van der Waals surface area contributed by atoms with E-state index in [4.69, 9.17) is 0 Å². The van der Waals surface area contributed by atoms with E-state index in [0.29, 0.717) is 30.0 Å². The number of rotatable bonds is 6. The number of benzene rings is 2. The van der Waals surface area contributed by atoms with Gasteiger partial charge in [-0.05, 0) is 48.5 Å². The van der Waals surface area contributed by atoms with Crippen LogP contribution in [-0.4, -0.2) is 61.4 Å². The maximum absolute atomic E-state index is 13.1. The minimum absolute atomic E-state index is 0.00622. The van der Waals surface area contributed by atoms with E-state index >= 15 is 0 Å². The average Bonchev–Trinajstić information content (AvgIpc) is 3.24. The van der Waals surface area contributed by atoms with Crippen LogP contribution in [-0.2, 0) is 16.6 Å². The van der Waals surface area contributed by atoms with E-state index in [9.17, 15) is 17.6 Å². The Balaban J connectivity index is 1.53. The lowest BCUT2D eigenvalue weighted by Crippen LogP contribution is -2.48. The standard InChI is InChI=1S/C23H25FN4O3S2/c1-2-26-10-12-27(13-11-26)22(29)19-5-3-4-18(16-19)17-28-14-15-32-23(28)25-33(30,31)21-8-6-20(24)7-9-21/h3-9,14-16H,2,10-13,17H2,1H3. The summed E-state index contributed by atoms with van der Waals surface area (Å²) in [7, 11) is -3.97. The van der Waals surface area contributed by atoms with Crippen LogP contribution in [0.15, 0.2) is 69.4 Å².